The van der Waals surface area contributed by atoms with Crippen LogP contribution in [0.2, 0.25) is 0 Å². The third-order valence-electron chi connectivity index (χ3n) is 4.39. The lowest BCUT2D eigenvalue weighted by Crippen LogP contribution is -2.42. The minimum Gasteiger partial charge on any atom is -0.325 e. The molecule has 0 amide bonds. The maximum Gasteiger partial charge on any atom is 0.102 e. The molecule has 2 aliphatic rings. The summed E-state index contributed by atoms with van der Waals surface area (Å²) in [4.78, 5) is 0. The summed E-state index contributed by atoms with van der Waals surface area (Å²) < 4.78 is 13.7. The van der Waals surface area contributed by atoms with E-state index in [4.69, 9.17) is 5.73 Å². The highest BCUT2D eigenvalue weighted by atomic mass is 19.1. The van der Waals surface area contributed by atoms with Crippen molar-refractivity contribution < 1.29 is 4.39 Å². The Morgan fingerprint density at radius 1 is 1.13 bits per heavy atom. The zero-order valence-corrected chi connectivity index (χ0v) is 9.84. The van der Waals surface area contributed by atoms with Crippen molar-refractivity contribution in [2.45, 2.75) is 70.0 Å². The van der Waals surface area contributed by atoms with Gasteiger partial charge in [0.25, 0.3) is 0 Å². The highest BCUT2D eigenvalue weighted by molar-refractivity contribution is 5.07. The van der Waals surface area contributed by atoms with E-state index in [2.05, 4.69) is 0 Å². The summed E-state index contributed by atoms with van der Waals surface area (Å²) in [5.74, 6) is 0.690. The standard InChI is InChI=1S/C13H24FN/c1-10(14)12(13(15)8-9-13)11-6-4-2-3-5-7-11/h10-12H,2-9,15H2,1H3. The average Bonchev–Trinajstić information content (AvgIpc) is 2.92. The Morgan fingerprint density at radius 3 is 2.07 bits per heavy atom. The summed E-state index contributed by atoms with van der Waals surface area (Å²) in [7, 11) is 0. The first-order valence-electron chi connectivity index (χ1n) is 6.56. The van der Waals surface area contributed by atoms with Crippen molar-refractivity contribution in [3.8, 4) is 0 Å². The van der Waals surface area contributed by atoms with Gasteiger partial charge in [0.2, 0.25) is 0 Å². The van der Waals surface area contributed by atoms with E-state index < -0.39 is 6.17 Å². The van der Waals surface area contributed by atoms with Crippen LogP contribution in [-0.2, 0) is 0 Å². The van der Waals surface area contributed by atoms with Gasteiger partial charge < -0.3 is 5.73 Å². The second-order valence-electron chi connectivity index (χ2n) is 5.69. The lowest BCUT2D eigenvalue weighted by Gasteiger charge is -2.32. The Balaban J connectivity index is 2.02. The van der Waals surface area contributed by atoms with Crippen LogP contribution in [0.15, 0.2) is 0 Å². The molecular weight excluding hydrogens is 189 g/mol. The van der Waals surface area contributed by atoms with Gasteiger partial charge in [-0.15, -0.1) is 0 Å². The summed E-state index contributed by atoms with van der Waals surface area (Å²) in [6.07, 6.45) is 9.01. The summed E-state index contributed by atoms with van der Waals surface area (Å²) in [5.41, 5.74) is 6.10. The highest BCUT2D eigenvalue weighted by Gasteiger charge is 2.50. The number of hydrogen-bond donors (Lipinski definition) is 1. The maximum atomic E-state index is 13.7. The molecule has 2 atom stereocenters. The second-order valence-corrected chi connectivity index (χ2v) is 5.69. The van der Waals surface area contributed by atoms with Crippen LogP contribution in [0.3, 0.4) is 0 Å². The molecule has 2 aliphatic carbocycles. The molecule has 0 bridgehead atoms. The molecule has 0 aliphatic heterocycles. The van der Waals surface area contributed by atoms with E-state index in [1.54, 1.807) is 6.92 Å². The fourth-order valence-electron chi connectivity index (χ4n) is 3.45. The number of alkyl halides is 1. The monoisotopic (exact) mass is 213 g/mol. The molecule has 2 rings (SSSR count). The van der Waals surface area contributed by atoms with Gasteiger partial charge >= 0.3 is 0 Å². The van der Waals surface area contributed by atoms with Crippen LogP contribution in [0.5, 0.6) is 0 Å². The first-order valence-corrected chi connectivity index (χ1v) is 6.56. The van der Waals surface area contributed by atoms with Crippen molar-refractivity contribution in [2.24, 2.45) is 17.6 Å². The summed E-state index contributed by atoms with van der Waals surface area (Å²) in [6.45, 7) is 1.71. The molecule has 2 N–H and O–H groups in total. The molecule has 0 aromatic rings. The van der Waals surface area contributed by atoms with Gasteiger partial charge in [-0.05, 0) is 25.7 Å². The van der Waals surface area contributed by atoms with Crippen LogP contribution in [0, 0.1) is 11.8 Å². The molecular formula is C13H24FN. The van der Waals surface area contributed by atoms with Gasteiger partial charge in [0.15, 0.2) is 0 Å². The molecule has 1 nitrogen and oxygen atoms in total. The van der Waals surface area contributed by atoms with Gasteiger partial charge in [-0.25, -0.2) is 4.39 Å². The van der Waals surface area contributed by atoms with E-state index in [-0.39, 0.29) is 11.5 Å². The minimum atomic E-state index is -0.722. The van der Waals surface area contributed by atoms with Gasteiger partial charge in [0.05, 0.1) is 0 Å². The van der Waals surface area contributed by atoms with Crippen molar-refractivity contribution in [3.05, 3.63) is 0 Å². The Labute approximate surface area is 92.6 Å². The second kappa shape index (κ2) is 4.40. The average molecular weight is 213 g/mol. The largest absolute Gasteiger partial charge is 0.325 e. The molecule has 0 saturated heterocycles. The molecule has 0 heterocycles. The molecule has 0 spiro atoms. The quantitative estimate of drug-likeness (QED) is 0.714. The number of rotatable bonds is 3. The summed E-state index contributed by atoms with van der Waals surface area (Å²) >= 11 is 0. The van der Waals surface area contributed by atoms with E-state index in [0.717, 1.165) is 12.8 Å². The Hall–Kier alpha value is -0.110. The van der Waals surface area contributed by atoms with E-state index in [0.29, 0.717) is 5.92 Å². The van der Waals surface area contributed by atoms with Gasteiger partial charge in [-0.1, -0.05) is 38.5 Å². The predicted molar refractivity (Wildman–Crippen MR) is 61.4 cm³/mol. The van der Waals surface area contributed by atoms with E-state index in [1.165, 1.54) is 38.5 Å². The molecule has 0 aromatic heterocycles. The third-order valence-corrected chi connectivity index (χ3v) is 4.39. The number of halogens is 1. The van der Waals surface area contributed by atoms with Crippen LogP contribution >= 0.6 is 0 Å². The molecule has 88 valence electrons. The maximum absolute atomic E-state index is 13.7. The molecule has 0 radical (unpaired) electrons. The predicted octanol–water partition coefficient (Wildman–Crippen LogP) is 3.42. The lowest BCUT2D eigenvalue weighted by molar-refractivity contribution is 0.128. The Morgan fingerprint density at radius 2 is 1.67 bits per heavy atom. The molecule has 2 heteroatoms. The van der Waals surface area contributed by atoms with E-state index in [1.807, 2.05) is 0 Å². The van der Waals surface area contributed by atoms with Crippen LogP contribution < -0.4 is 5.73 Å². The van der Waals surface area contributed by atoms with Gasteiger partial charge in [0, 0.05) is 11.5 Å². The molecule has 0 aromatic carbocycles. The smallest absolute Gasteiger partial charge is 0.102 e. The van der Waals surface area contributed by atoms with Crippen LogP contribution in [0.1, 0.15) is 58.3 Å². The van der Waals surface area contributed by atoms with Crippen LogP contribution in [0.25, 0.3) is 0 Å². The first-order chi connectivity index (χ1) is 7.13. The molecule has 2 unspecified atom stereocenters. The van der Waals surface area contributed by atoms with Gasteiger partial charge in [-0.3, -0.25) is 0 Å². The minimum absolute atomic E-state index is 0.135. The normalized spacial score (nSPS) is 30.6. The van der Waals surface area contributed by atoms with Crippen LogP contribution in [0.4, 0.5) is 4.39 Å². The molecule has 15 heavy (non-hydrogen) atoms. The van der Waals surface area contributed by atoms with Crippen LogP contribution in [-0.4, -0.2) is 11.7 Å². The summed E-state index contributed by atoms with van der Waals surface area (Å²) in [6, 6.07) is 0. The number of hydrogen-bond acceptors (Lipinski definition) is 1. The summed E-state index contributed by atoms with van der Waals surface area (Å²) in [5, 5.41) is 0. The van der Waals surface area contributed by atoms with Gasteiger partial charge in [-0.2, -0.15) is 0 Å². The van der Waals surface area contributed by atoms with Crippen molar-refractivity contribution in [1.29, 1.82) is 0 Å². The van der Waals surface area contributed by atoms with Gasteiger partial charge in [0.1, 0.15) is 6.17 Å². The Kier molecular flexibility index (Phi) is 3.34. The highest BCUT2D eigenvalue weighted by Crippen LogP contribution is 2.48. The third kappa shape index (κ3) is 2.52. The number of nitrogens with two attached hydrogens (primary N) is 1. The van der Waals surface area contributed by atoms with Crippen molar-refractivity contribution in [2.75, 3.05) is 0 Å². The van der Waals surface area contributed by atoms with E-state index in [9.17, 15) is 4.39 Å². The zero-order chi connectivity index (χ0) is 10.9. The Bertz CT molecular complexity index is 203. The first kappa shape index (κ1) is 11.4. The fourth-order valence-corrected chi connectivity index (χ4v) is 3.45. The van der Waals surface area contributed by atoms with Crippen molar-refractivity contribution in [3.63, 3.8) is 0 Å². The topological polar surface area (TPSA) is 26.0 Å². The van der Waals surface area contributed by atoms with Crippen molar-refractivity contribution in [1.82, 2.24) is 0 Å². The lowest BCUT2D eigenvalue weighted by atomic mass is 9.77. The zero-order valence-electron chi connectivity index (χ0n) is 9.84. The fraction of sp³-hybridized carbons (Fsp3) is 1.00. The van der Waals surface area contributed by atoms with E-state index >= 15 is 0 Å². The molecule has 2 fully saturated rings. The van der Waals surface area contributed by atoms with Crippen molar-refractivity contribution >= 4 is 0 Å². The SMILES string of the molecule is CC(F)C(C1CCCCCC1)C1(N)CC1. The molecule has 2 saturated carbocycles.